The number of methoxy groups -OCH3 is 1. The predicted molar refractivity (Wildman–Crippen MR) is 88.8 cm³/mol. The highest BCUT2D eigenvalue weighted by Gasteiger charge is 2.47. The minimum absolute atomic E-state index is 0.0779. The van der Waals surface area contributed by atoms with Gasteiger partial charge in [0.25, 0.3) is 0 Å². The lowest BCUT2D eigenvalue weighted by Crippen LogP contribution is -2.56. The van der Waals surface area contributed by atoms with Crippen LogP contribution in [0.2, 0.25) is 0 Å². The zero-order chi connectivity index (χ0) is 14.8. The monoisotopic (exact) mass is 313 g/mol. The van der Waals surface area contributed by atoms with Gasteiger partial charge in [-0.2, -0.15) is 11.8 Å². The standard InChI is InChI=1S/C17H31NO2S/c1-19-17(7-4-2-3-5-8-17)15(18)14-6-10-20-16(12-14)9-11-21-13-16/h14-15H,2-13,18H2,1H3. The minimum atomic E-state index is -0.0779. The van der Waals surface area contributed by atoms with Gasteiger partial charge in [0.05, 0.1) is 11.2 Å². The lowest BCUT2D eigenvalue weighted by molar-refractivity contribution is -0.114. The highest BCUT2D eigenvalue weighted by molar-refractivity contribution is 7.99. The molecule has 2 aliphatic heterocycles. The topological polar surface area (TPSA) is 44.5 Å². The van der Waals surface area contributed by atoms with E-state index in [4.69, 9.17) is 15.2 Å². The number of thioether (sulfide) groups is 1. The third kappa shape index (κ3) is 3.29. The van der Waals surface area contributed by atoms with Gasteiger partial charge in [-0.05, 0) is 43.8 Å². The van der Waals surface area contributed by atoms with Crippen LogP contribution >= 0.6 is 11.8 Å². The molecule has 0 aromatic carbocycles. The maximum Gasteiger partial charge on any atom is 0.0831 e. The van der Waals surface area contributed by atoms with Crippen molar-refractivity contribution >= 4 is 11.8 Å². The highest BCUT2D eigenvalue weighted by Crippen LogP contribution is 2.44. The van der Waals surface area contributed by atoms with Crippen LogP contribution in [-0.4, -0.2) is 42.5 Å². The molecule has 0 bridgehead atoms. The second-order valence-electron chi connectivity index (χ2n) is 7.30. The molecule has 0 aromatic rings. The van der Waals surface area contributed by atoms with E-state index in [1.165, 1.54) is 37.9 Å². The van der Waals surface area contributed by atoms with Gasteiger partial charge in [-0.3, -0.25) is 0 Å². The van der Waals surface area contributed by atoms with E-state index < -0.39 is 0 Å². The Labute approximate surface area is 133 Å². The fourth-order valence-electron chi connectivity index (χ4n) is 4.67. The number of nitrogens with two attached hydrogens (primary N) is 1. The Kier molecular flexibility index (Phi) is 5.19. The molecule has 3 atom stereocenters. The molecule has 3 unspecified atom stereocenters. The molecule has 1 saturated carbocycles. The van der Waals surface area contributed by atoms with E-state index in [2.05, 4.69) is 0 Å². The van der Waals surface area contributed by atoms with E-state index in [1.807, 2.05) is 18.9 Å². The average molecular weight is 314 g/mol. The molecule has 1 spiro atoms. The lowest BCUT2D eigenvalue weighted by Gasteiger charge is -2.46. The number of rotatable bonds is 3. The van der Waals surface area contributed by atoms with Crippen LogP contribution < -0.4 is 5.73 Å². The molecule has 0 amide bonds. The molecule has 0 radical (unpaired) electrons. The van der Waals surface area contributed by atoms with E-state index in [1.54, 1.807) is 0 Å². The molecule has 3 nitrogen and oxygen atoms in total. The predicted octanol–water partition coefficient (Wildman–Crippen LogP) is 3.36. The van der Waals surface area contributed by atoms with Crippen molar-refractivity contribution in [1.82, 2.24) is 0 Å². The SMILES string of the molecule is COC1(C(N)C2CCOC3(CCSC3)C2)CCCCCC1. The molecular weight excluding hydrogens is 282 g/mol. The van der Waals surface area contributed by atoms with Crippen molar-refractivity contribution in [3.8, 4) is 0 Å². The van der Waals surface area contributed by atoms with E-state index >= 15 is 0 Å². The van der Waals surface area contributed by atoms with Crippen molar-refractivity contribution in [2.24, 2.45) is 11.7 Å². The Morgan fingerprint density at radius 3 is 2.57 bits per heavy atom. The minimum Gasteiger partial charge on any atom is -0.377 e. The molecule has 2 saturated heterocycles. The van der Waals surface area contributed by atoms with Gasteiger partial charge in [-0.1, -0.05) is 25.7 Å². The van der Waals surface area contributed by atoms with Gasteiger partial charge in [0.2, 0.25) is 0 Å². The van der Waals surface area contributed by atoms with Crippen molar-refractivity contribution in [2.45, 2.75) is 75.0 Å². The molecule has 4 heteroatoms. The summed E-state index contributed by atoms with van der Waals surface area (Å²) in [5.74, 6) is 2.98. The molecule has 3 rings (SSSR count). The van der Waals surface area contributed by atoms with Gasteiger partial charge in [0, 0.05) is 25.5 Å². The maximum absolute atomic E-state index is 6.80. The van der Waals surface area contributed by atoms with E-state index in [-0.39, 0.29) is 17.2 Å². The fraction of sp³-hybridized carbons (Fsp3) is 1.00. The summed E-state index contributed by atoms with van der Waals surface area (Å²) in [5, 5.41) is 0. The molecule has 3 aliphatic rings. The fourth-order valence-corrected chi connectivity index (χ4v) is 6.04. The first-order valence-electron chi connectivity index (χ1n) is 8.72. The van der Waals surface area contributed by atoms with E-state index in [0.717, 1.165) is 38.0 Å². The lowest BCUT2D eigenvalue weighted by atomic mass is 9.73. The van der Waals surface area contributed by atoms with Crippen LogP contribution in [0.25, 0.3) is 0 Å². The van der Waals surface area contributed by atoms with Crippen LogP contribution in [0, 0.1) is 5.92 Å². The first-order chi connectivity index (χ1) is 10.2. The van der Waals surface area contributed by atoms with E-state index in [0.29, 0.717) is 5.92 Å². The van der Waals surface area contributed by atoms with Crippen LogP contribution in [0.15, 0.2) is 0 Å². The van der Waals surface area contributed by atoms with Crippen LogP contribution in [0.4, 0.5) is 0 Å². The van der Waals surface area contributed by atoms with Gasteiger partial charge in [-0.25, -0.2) is 0 Å². The Balaban J connectivity index is 1.71. The van der Waals surface area contributed by atoms with Crippen molar-refractivity contribution in [3.05, 3.63) is 0 Å². The molecule has 2 heterocycles. The summed E-state index contributed by atoms with van der Waals surface area (Å²) in [5.41, 5.74) is 6.85. The Bertz CT molecular complexity index is 336. The molecule has 1 aliphatic carbocycles. The summed E-state index contributed by atoms with van der Waals surface area (Å²) in [6.45, 7) is 0.888. The van der Waals surface area contributed by atoms with E-state index in [9.17, 15) is 0 Å². The largest absolute Gasteiger partial charge is 0.377 e. The van der Waals surface area contributed by atoms with Gasteiger partial charge >= 0.3 is 0 Å². The summed E-state index contributed by atoms with van der Waals surface area (Å²) >= 11 is 2.04. The Morgan fingerprint density at radius 1 is 1.19 bits per heavy atom. The van der Waals surface area contributed by atoms with Crippen molar-refractivity contribution < 1.29 is 9.47 Å². The second-order valence-corrected chi connectivity index (χ2v) is 8.40. The Morgan fingerprint density at radius 2 is 1.95 bits per heavy atom. The van der Waals surface area contributed by atoms with Gasteiger partial charge in [0.15, 0.2) is 0 Å². The van der Waals surface area contributed by atoms with Crippen LogP contribution in [-0.2, 0) is 9.47 Å². The molecule has 3 fully saturated rings. The quantitative estimate of drug-likeness (QED) is 0.812. The zero-order valence-electron chi connectivity index (χ0n) is 13.4. The maximum atomic E-state index is 6.80. The van der Waals surface area contributed by atoms with Crippen LogP contribution in [0.5, 0.6) is 0 Å². The summed E-state index contributed by atoms with van der Waals surface area (Å²) in [7, 11) is 1.88. The first-order valence-corrected chi connectivity index (χ1v) is 9.88. The van der Waals surface area contributed by atoms with Crippen molar-refractivity contribution in [2.75, 3.05) is 25.2 Å². The summed E-state index contributed by atoms with van der Waals surface area (Å²) < 4.78 is 12.2. The third-order valence-corrected chi connectivity index (χ3v) is 7.29. The Hall–Kier alpha value is 0.230. The smallest absolute Gasteiger partial charge is 0.0831 e. The third-order valence-electron chi connectivity index (χ3n) is 6.07. The molecule has 0 aromatic heterocycles. The highest BCUT2D eigenvalue weighted by atomic mass is 32.2. The number of ether oxygens (including phenoxy) is 2. The van der Waals surface area contributed by atoms with Crippen molar-refractivity contribution in [3.63, 3.8) is 0 Å². The molecule has 2 N–H and O–H groups in total. The molecule has 21 heavy (non-hydrogen) atoms. The van der Waals surface area contributed by atoms with Crippen LogP contribution in [0.3, 0.4) is 0 Å². The van der Waals surface area contributed by atoms with Crippen molar-refractivity contribution in [1.29, 1.82) is 0 Å². The normalized spacial score (nSPS) is 38.3. The number of hydrogen-bond acceptors (Lipinski definition) is 4. The molecular formula is C17H31NO2S. The molecule has 122 valence electrons. The van der Waals surface area contributed by atoms with Crippen LogP contribution in [0.1, 0.15) is 57.8 Å². The summed E-state index contributed by atoms with van der Waals surface area (Å²) in [6, 6.07) is 0.173. The number of hydrogen-bond donors (Lipinski definition) is 1. The van der Waals surface area contributed by atoms with Gasteiger partial charge in [-0.15, -0.1) is 0 Å². The van der Waals surface area contributed by atoms with Gasteiger partial charge < -0.3 is 15.2 Å². The first kappa shape index (κ1) is 16.1. The summed E-state index contributed by atoms with van der Waals surface area (Å²) in [6.07, 6.45) is 11.0. The average Bonchev–Trinajstić information content (AvgIpc) is 2.82. The van der Waals surface area contributed by atoms with Gasteiger partial charge in [0.1, 0.15) is 0 Å². The summed E-state index contributed by atoms with van der Waals surface area (Å²) in [4.78, 5) is 0. The second kappa shape index (κ2) is 6.77. The zero-order valence-corrected chi connectivity index (χ0v) is 14.3.